The molecule has 7 saturated carbocycles. The van der Waals surface area contributed by atoms with Crippen LogP contribution in [0.5, 0.6) is 34.5 Å². The van der Waals surface area contributed by atoms with Gasteiger partial charge in [-0.15, -0.1) is 0 Å². The first-order chi connectivity index (χ1) is 28.2. The molecule has 0 heterocycles. The highest BCUT2D eigenvalue weighted by Gasteiger charge is 2.52. The van der Waals surface area contributed by atoms with Gasteiger partial charge in [0.25, 0.3) is 0 Å². The van der Waals surface area contributed by atoms with Crippen molar-refractivity contribution in [2.75, 3.05) is 14.2 Å². The van der Waals surface area contributed by atoms with Gasteiger partial charge in [-0.2, -0.15) is 0 Å². The maximum atomic E-state index is 13.2. The molecule has 4 bridgehead atoms. The monoisotopic (exact) mass is 784 g/mol. The molecule has 304 valence electrons. The Morgan fingerprint density at radius 3 is 0.966 bits per heavy atom. The molecule has 7 fully saturated rings. The van der Waals surface area contributed by atoms with Crippen LogP contribution in [0.3, 0.4) is 0 Å². The van der Waals surface area contributed by atoms with Gasteiger partial charge >= 0.3 is 11.9 Å². The Morgan fingerprint density at radius 1 is 0.397 bits per heavy atom. The van der Waals surface area contributed by atoms with Crippen LogP contribution in [0, 0.1) is 11.8 Å². The van der Waals surface area contributed by atoms with Crippen molar-refractivity contribution in [3.05, 3.63) is 108 Å². The molecule has 0 unspecified atom stereocenters. The zero-order valence-corrected chi connectivity index (χ0v) is 34.0. The molecular formula is C50H56O8. The summed E-state index contributed by atoms with van der Waals surface area (Å²) >= 11 is 0. The summed E-state index contributed by atoms with van der Waals surface area (Å²) in [5.41, 5.74) is 3.02. The lowest BCUT2D eigenvalue weighted by Crippen LogP contribution is -2.51. The Kier molecular flexibility index (Phi) is 10.4. The van der Waals surface area contributed by atoms with Gasteiger partial charge in [-0.3, -0.25) is 9.59 Å². The van der Waals surface area contributed by atoms with Gasteiger partial charge in [0, 0.05) is 0 Å². The number of carbonyl (C=O) groups is 2. The van der Waals surface area contributed by atoms with E-state index in [0.29, 0.717) is 37.2 Å². The molecule has 4 aromatic rings. The lowest BCUT2D eigenvalue weighted by atomic mass is 9.56. The van der Waals surface area contributed by atoms with E-state index in [2.05, 4.69) is 48.5 Å². The molecule has 0 atom stereocenters. The number of methoxy groups -OCH3 is 2. The summed E-state index contributed by atoms with van der Waals surface area (Å²) in [7, 11) is 3.42. The summed E-state index contributed by atoms with van der Waals surface area (Å²) in [6.45, 7) is 0. The molecule has 58 heavy (non-hydrogen) atoms. The highest BCUT2D eigenvalue weighted by molar-refractivity contribution is 5.78. The first-order valence-electron chi connectivity index (χ1n) is 21.5. The van der Waals surface area contributed by atoms with E-state index in [1.165, 1.54) is 11.1 Å². The van der Waals surface area contributed by atoms with Crippen LogP contribution in [0.2, 0.25) is 0 Å². The number of esters is 2. The largest absolute Gasteiger partial charge is 0.497 e. The number of rotatable bonds is 12. The van der Waals surface area contributed by atoms with Crippen LogP contribution in [0.4, 0.5) is 0 Å². The minimum Gasteiger partial charge on any atom is -0.497 e. The Hall–Kier alpha value is -4.98. The Bertz CT molecular complexity index is 1860. The molecule has 0 spiro atoms. The average Bonchev–Trinajstić information content (AvgIpc) is 3.29. The second kappa shape index (κ2) is 15.6. The molecule has 0 saturated heterocycles. The molecule has 11 rings (SSSR count). The molecule has 4 aromatic carbocycles. The standard InChI is InChI=1S/C50H56O8/c1-53-39-11-7-37(8-12-39)47-23-29-49(30-24-47,31-25-47)57-43-19-15-41(16-20-43)55-45(51)35-3-5-36(6-4-35)46(52)56-42-17-21-44(22-18-42)58-50-32-26-48(27-33-50,28-34-50)38-9-13-40(54-2)14-10-38/h7-22,35-36H,3-6,23-34H2,1-2H3/t35-,36-,47?,48?,49?,50?. The second-order valence-corrected chi connectivity index (χ2v) is 17.9. The van der Waals surface area contributed by atoms with Crippen molar-refractivity contribution >= 4 is 11.9 Å². The van der Waals surface area contributed by atoms with Crippen molar-refractivity contribution in [3.63, 3.8) is 0 Å². The molecule has 8 nitrogen and oxygen atoms in total. The van der Waals surface area contributed by atoms with E-state index in [1.807, 2.05) is 48.5 Å². The van der Waals surface area contributed by atoms with Gasteiger partial charge in [0.2, 0.25) is 0 Å². The Morgan fingerprint density at radius 2 is 0.672 bits per heavy atom. The van der Waals surface area contributed by atoms with Gasteiger partial charge in [0.1, 0.15) is 45.7 Å². The van der Waals surface area contributed by atoms with E-state index < -0.39 is 0 Å². The van der Waals surface area contributed by atoms with Crippen LogP contribution in [-0.4, -0.2) is 37.4 Å². The maximum absolute atomic E-state index is 13.2. The van der Waals surface area contributed by atoms with Crippen LogP contribution in [0.15, 0.2) is 97.1 Å². The topological polar surface area (TPSA) is 89.5 Å². The van der Waals surface area contributed by atoms with Gasteiger partial charge in [0.15, 0.2) is 0 Å². The van der Waals surface area contributed by atoms with Crippen molar-refractivity contribution in [2.24, 2.45) is 11.8 Å². The van der Waals surface area contributed by atoms with Gasteiger partial charge in [-0.05, 0) is 197 Å². The van der Waals surface area contributed by atoms with Crippen molar-refractivity contribution in [2.45, 2.75) is 125 Å². The van der Waals surface area contributed by atoms with E-state index in [4.69, 9.17) is 28.4 Å². The van der Waals surface area contributed by atoms with E-state index >= 15 is 0 Å². The van der Waals surface area contributed by atoms with E-state index in [-0.39, 0.29) is 45.8 Å². The minimum atomic E-state index is -0.245. The van der Waals surface area contributed by atoms with Crippen LogP contribution in [0.25, 0.3) is 0 Å². The number of hydrogen-bond donors (Lipinski definition) is 0. The summed E-state index contributed by atoms with van der Waals surface area (Å²) in [5.74, 6) is 3.48. The summed E-state index contributed by atoms with van der Waals surface area (Å²) < 4.78 is 35.7. The third kappa shape index (κ3) is 7.67. The van der Waals surface area contributed by atoms with Crippen LogP contribution in [-0.2, 0) is 20.4 Å². The van der Waals surface area contributed by atoms with Crippen molar-refractivity contribution < 1.29 is 38.0 Å². The highest BCUT2D eigenvalue weighted by Crippen LogP contribution is 2.56. The van der Waals surface area contributed by atoms with Gasteiger partial charge in [0.05, 0.1) is 26.1 Å². The van der Waals surface area contributed by atoms with Gasteiger partial charge < -0.3 is 28.4 Å². The Labute approximate surface area is 342 Å². The first kappa shape index (κ1) is 38.5. The van der Waals surface area contributed by atoms with Gasteiger partial charge in [-0.25, -0.2) is 0 Å². The predicted molar refractivity (Wildman–Crippen MR) is 221 cm³/mol. The number of benzene rings is 4. The molecule has 0 amide bonds. The first-order valence-corrected chi connectivity index (χ1v) is 21.5. The number of ether oxygens (including phenoxy) is 6. The molecule has 7 aliphatic carbocycles. The lowest BCUT2D eigenvalue weighted by molar-refractivity contribution is -0.145. The van der Waals surface area contributed by atoms with Crippen molar-refractivity contribution in [1.29, 1.82) is 0 Å². The summed E-state index contributed by atoms with van der Waals surface area (Å²) in [6, 6.07) is 32.2. The van der Waals surface area contributed by atoms with Crippen molar-refractivity contribution in [1.82, 2.24) is 0 Å². The van der Waals surface area contributed by atoms with Gasteiger partial charge in [-0.1, -0.05) is 24.3 Å². The number of fused-ring (bicyclic) bond motifs is 6. The van der Waals surface area contributed by atoms with Crippen LogP contribution < -0.4 is 28.4 Å². The highest BCUT2D eigenvalue weighted by atomic mass is 16.5. The molecule has 0 radical (unpaired) electrons. The fourth-order valence-corrected chi connectivity index (χ4v) is 11.0. The second-order valence-electron chi connectivity index (χ2n) is 17.9. The average molecular weight is 785 g/mol. The Balaban J connectivity index is 0.703. The third-order valence-corrected chi connectivity index (χ3v) is 14.9. The SMILES string of the molecule is COc1ccc(C23CCC(Oc4ccc(OC(=O)[C@H]5CC[C@H](C(=O)Oc6ccc(OC78CCC(c9ccc(OC)cc9)(CC7)CC8)cc6)CC5)cc4)(CC2)CC3)cc1. The fraction of sp³-hybridized carbons (Fsp3) is 0.480. The van der Waals surface area contributed by atoms with E-state index in [1.54, 1.807) is 14.2 Å². The van der Waals surface area contributed by atoms with Crippen LogP contribution in [0.1, 0.15) is 114 Å². The number of hydrogen-bond acceptors (Lipinski definition) is 8. The van der Waals surface area contributed by atoms with E-state index in [0.717, 1.165) is 100 Å². The molecule has 0 N–H and O–H groups in total. The molecule has 0 aliphatic heterocycles. The van der Waals surface area contributed by atoms with E-state index in [9.17, 15) is 9.59 Å². The van der Waals surface area contributed by atoms with Crippen LogP contribution >= 0.6 is 0 Å². The summed E-state index contributed by atoms with van der Waals surface area (Å²) in [6.07, 6.45) is 15.3. The third-order valence-electron chi connectivity index (χ3n) is 14.9. The number of carbonyl (C=O) groups excluding carboxylic acids is 2. The molecule has 7 aliphatic rings. The molecule has 8 heteroatoms. The fourth-order valence-electron chi connectivity index (χ4n) is 11.0. The van der Waals surface area contributed by atoms with Crippen molar-refractivity contribution in [3.8, 4) is 34.5 Å². The summed E-state index contributed by atoms with van der Waals surface area (Å²) in [4.78, 5) is 26.3. The zero-order chi connectivity index (χ0) is 39.8. The lowest BCUT2D eigenvalue weighted by Gasteiger charge is -2.53. The smallest absolute Gasteiger partial charge is 0.314 e. The molecule has 0 aromatic heterocycles. The predicted octanol–water partition coefficient (Wildman–Crippen LogP) is 10.9. The summed E-state index contributed by atoms with van der Waals surface area (Å²) in [5, 5.41) is 0. The maximum Gasteiger partial charge on any atom is 0.314 e. The zero-order valence-electron chi connectivity index (χ0n) is 34.0. The quantitative estimate of drug-likeness (QED) is 0.104. The normalized spacial score (nSPS) is 29.9. The molecular weight excluding hydrogens is 729 g/mol. The minimum absolute atomic E-state index is 0.136.